The van der Waals surface area contributed by atoms with Crippen molar-refractivity contribution < 1.29 is 14.3 Å². The van der Waals surface area contributed by atoms with Gasteiger partial charge < -0.3 is 15.0 Å². The van der Waals surface area contributed by atoms with Crippen molar-refractivity contribution in [3.8, 4) is 0 Å². The van der Waals surface area contributed by atoms with Gasteiger partial charge in [0.1, 0.15) is 6.04 Å². The number of hydrogen-bond acceptors (Lipinski definition) is 3. The van der Waals surface area contributed by atoms with E-state index in [4.69, 9.17) is 4.74 Å². The summed E-state index contributed by atoms with van der Waals surface area (Å²) in [5, 5.41) is 5.40. The molecule has 2 heterocycles. The van der Waals surface area contributed by atoms with Crippen LogP contribution in [0, 0.1) is 0 Å². The molecule has 2 aliphatic rings. The Balaban J connectivity index is 1.26. The Hall–Kier alpha value is -4.32. The van der Waals surface area contributed by atoms with Crippen molar-refractivity contribution in [3.05, 3.63) is 120 Å². The number of piperazine rings is 1. The number of cyclic esters (lactones) is 1. The maximum Gasteiger partial charge on any atom is 0.411 e. The molecular weight excluding hydrogens is 450 g/mol. The second-order valence-corrected chi connectivity index (χ2v) is 9.33. The van der Waals surface area contributed by atoms with Crippen molar-refractivity contribution >= 4 is 22.9 Å². The van der Waals surface area contributed by atoms with Gasteiger partial charge in [0, 0.05) is 37.3 Å². The van der Waals surface area contributed by atoms with Crippen molar-refractivity contribution in [2.24, 2.45) is 0 Å². The molecule has 6 rings (SSSR count). The van der Waals surface area contributed by atoms with E-state index >= 15 is 0 Å². The molecule has 1 atom stereocenters. The van der Waals surface area contributed by atoms with E-state index in [0.29, 0.717) is 26.2 Å². The lowest BCUT2D eigenvalue weighted by molar-refractivity contribution is 0.0511. The van der Waals surface area contributed by atoms with Crippen LogP contribution in [0.1, 0.15) is 16.7 Å². The topological polar surface area (TPSA) is 61.9 Å². The molecule has 0 bridgehead atoms. The molecule has 0 saturated carbocycles. The van der Waals surface area contributed by atoms with E-state index in [1.54, 1.807) is 9.80 Å². The Labute approximate surface area is 210 Å². The molecule has 2 fully saturated rings. The van der Waals surface area contributed by atoms with Crippen LogP contribution in [-0.2, 0) is 16.9 Å². The van der Waals surface area contributed by atoms with Gasteiger partial charge in [-0.25, -0.2) is 9.59 Å². The van der Waals surface area contributed by atoms with Gasteiger partial charge in [-0.05, 0) is 22.4 Å². The third-order valence-electron chi connectivity index (χ3n) is 7.28. The summed E-state index contributed by atoms with van der Waals surface area (Å²) in [7, 11) is 0. The maximum absolute atomic E-state index is 13.3. The van der Waals surface area contributed by atoms with Crippen LogP contribution in [0.5, 0.6) is 0 Å². The number of urea groups is 1. The molecule has 2 saturated heterocycles. The fourth-order valence-electron chi connectivity index (χ4n) is 5.48. The van der Waals surface area contributed by atoms with Crippen molar-refractivity contribution in [1.29, 1.82) is 0 Å². The van der Waals surface area contributed by atoms with E-state index in [1.807, 2.05) is 78.9 Å². The fourth-order valence-corrected chi connectivity index (χ4v) is 5.48. The lowest BCUT2D eigenvalue weighted by Crippen LogP contribution is -2.59. The third kappa shape index (κ3) is 3.75. The van der Waals surface area contributed by atoms with Gasteiger partial charge in [-0.2, -0.15) is 0 Å². The molecule has 6 heteroatoms. The predicted molar refractivity (Wildman–Crippen MR) is 138 cm³/mol. The van der Waals surface area contributed by atoms with Crippen molar-refractivity contribution in [2.75, 3.05) is 19.6 Å². The van der Waals surface area contributed by atoms with Crippen LogP contribution in [0.25, 0.3) is 10.8 Å². The van der Waals surface area contributed by atoms with E-state index in [2.05, 4.69) is 29.6 Å². The Morgan fingerprint density at radius 1 is 0.833 bits per heavy atom. The molecule has 0 radical (unpaired) electrons. The van der Waals surface area contributed by atoms with Crippen LogP contribution in [0.2, 0.25) is 0 Å². The van der Waals surface area contributed by atoms with Crippen LogP contribution in [-0.4, -0.2) is 47.6 Å². The highest BCUT2D eigenvalue weighted by Crippen LogP contribution is 2.45. The van der Waals surface area contributed by atoms with Crippen LogP contribution in [0.4, 0.5) is 9.59 Å². The molecule has 0 spiro atoms. The lowest BCUT2D eigenvalue weighted by Gasteiger charge is -2.42. The van der Waals surface area contributed by atoms with E-state index in [0.717, 1.165) is 22.1 Å². The molecule has 180 valence electrons. The normalized spacial score (nSPS) is 18.6. The van der Waals surface area contributed by atoms with Gasteiger partial charge >= 0.3 is 12.1 Å². The Morgan fingerprint density at radius 3 is 2.17 bits per heavy atom. The molecule has 0 aliphatic carbocycles. The number of fused-ring (bicyclic) bond motifs is 2. The van der Waals surface area contributed by atoms with Gasteiger partial charge in [-0.1, -0.05) is 97.1 Å². The molecule has 3 amide bonds. The zero-order chi connectivity index (χ0) is 24.5. The number of nitrogens with one attached hydrogen (secondary N) is 1. The highest BCUT2D eigenvalue weighted by atomic mass is 16.6. The third-order valence-corrected chi connectivity index (χ3v) is 7.28. The summed E-state index contributed by atoms with van der Waals surface area (Å²) in [6.07, 6.45) is -0.344. The summed E-state index contributed by atoms with van der Waals surface area (Å²) in [6, 6.07) is 33.6. The molecule has 1 unspecified atom stereocenters. The SMILES string of the molecule is O=C(NCc1ccc2ccccc2c1)N1CCN2C(=O)OC(c3ccccc3)(c3ccccc3)C2C1. The number of nitrogens with zero attached hydrogens (tertiary/aromatic N) is 2. The summed E-state index contributed by atoms with van der Waals surface area (Å²) in [5.74, 6) is 0. The highest BCUT2D eigenvalue weighted by molar-refractivity contribution is 5.83. The molecular formula is C30H27N3O3. The largest absolute Gasteiger partial charge is 0.431 e. The summed E-state index contributed by atoms with van der Waals surface area (Å²) >= 11 is 0. The molecule has 4 aromatic rings. The monoisotopic (exact) mass is 477 g/mol. The van der Waals surface area contributed by atoms with Gasteiger partial charge in [0.25, 0.3) is 0 Å². The van der Waals surface area contributed by atoms with Crippen LogP contribution >= 0.6 is 0 Å². The first kappa shape index (κ1) is 22.2. The van der Waals surface area contributed by atoms with Gasteiger partial charge in [-0.15, -0.1) is 0 Å². The zero-order valence-electron chi connectivity index (χ0n) is 19.8. The minimum atomic E-state index is -0.989. The highest BCUT2D eigenvalue weighted by Gasteiger charge is 2.58. The summed E-state index contributed by atoms with van der Waals surface area (Å²) in [6.45, 7) is 1.69. The minimum absolute atomic E-state index is 0.141. The molecule has 2 aliphatic heterocycles. The smallest absolute Gasteiger partial charge is 0.411 e. The Morgan fingerprint density at radius 2 is 1.47 bits per heavy atom. The second kappa shape index (κ2) is 9.04. The average molecular weight is 478 g/mol. The Bertz CT molecular complexity index is 1370. The average Bonchev–Trinajstić information content (AvgIpc) is 3.25. The number of carbonyl (C=O) groups is 2. The van der Waals surface area contributed by atoms with Gasteiger partial charge in [0.15, 0.2) is 5.60 Å². The number of hydrogen-bond donors (Lipinski definition) is 1. The molecule has 4 aromatic carbocycles. The van der Waals surface area contributed by atoms with Gasteiger partial charge in [-0.3, -0.25) is 4.90 Å². The first-order valence-corrected chi connectivity index (χ1v) is 12.3. The fraction of sp³-hybridized carbons (Fsp3) is 0.200. The summed E-state index contributed by atoms with van der Waals surface area (Å²) < 4.78 is 6.19. The number of amides is 3. The number of ether oxygens (including phenoxy) is 1. The van der Waals surface area contributed by atoms with Crippen molar-refractivity contribution in [1.82, 2.24) is 15.1 Å². The van der Waals surface area contributed by atoms with Crippen LogP contribution in [0.15, 0.2) is 103 Å². The van der Waals surface area contributed by atoms with Gasteiger partial charge in [0.05, 0.1) is 0 Å². The maximum atomic E-state index is 13.3. The molecule has 36 heavy (non-hydrogen) atoms. The lowest BCUT2D eigenvalue weighted by atomic mass is 9.79. The second-order valence-electron chi connectivity index (χ2n) is 9.33. The summed E-state index contributed by atoms with van der Waals surface area (Å²) in [5.41, 5.74) is 1.85. The Kier molecular flexibility index (Phi) is 5.56. The van der Waals surface area contributed by atoms with Crippen molar-refractivity contribution in [3.63, 3.8) is 0 Å². The van der Waals surface area contributed by atoms with Gasteiger partial charge in [0.2, 0.25) is 0 Å². The molecule has 1 N–H and O–H groups in total. The number of rotatable bonds is 4. The van der Waals surface area contributed by atoms with E-state index in [-0.39, 0.29) is 18.2 Å². The predicted octanol–water partition coefficient (Wildman–Crippen LogP) is 5.13. The summed E-state index contributed by atoms with van der Waals surface area (Å²) in [4.78, 5) is 29.9. The number of carbonyl (C=O) groups excluding carboxylic acids is 2. The van der Waals surface area contributed by atoms with Crippen LogP contribution in [0.3, 0.4) is 0 Å². The van der Waals surface area contributed by atoms with E-state index in [1.165, 1.54) is 5.39 Å². The minimum Gasteiger partial charge on any atom is -0.431 e. The first-order chi connectivity index (χ1) is 17.6. The van der Waals surface area contributed by atoms with Crippen molar-refractivity contribution in [2.45, 2.75) is 18.2 Å². The molecule has 0 aromatic heterocycles. The zero-order valence-corrected chi connectivity index (χ0v) is 19.8. The first-order valence-electron chi connectivity index (χ1n) is 12.3. The standard InChI is InChI=1S/C30H27N3O3/c34-28(31-20-22-15-16-23-9-7-8-10-24(23)19-22)32-17-18-33-27(21-32)30(36-29(33)35,25-11-3-1-4-12-25)26-13-5-2-6-14-26/h1-16,19,27H,17-18,20-21H2,(H,31,34). The number of benzene rings is 4. The van der Waals surface area contributed by atoms with Crippen LogP contribution < -0.4 is 5.32 Å². The van der Waals surface area contributed by atoms with E-state index < -0.39 is 5.60 Å². The quantitative estimate of drug-likeness (QED) is 0.443. The van der Waals surface area contributed by atoms with E-state index in [9.17, 15) is 9.59 Å². The molecule has 6 nitrogen and oxygen atoms in total.